The van der Waals surface area contributed by atoms with Crippen molar-refractivity contribution in [2.75, 3.05) is 30.7 Å². The maximum Gasteiger partial charge on any atom is 0.407 e. The molecule has 2 amide bonds. The summed E-state index contributed by atoms with van der Waals surface area (Å²) in [6, 6.07) is 11.5. The number of carbonyl (C=O) groups is 2. The van der Waals surface area contributed by atoms with Gasteiger partial charge in [0, 0.05) is 45.9 Å². The summed E-state index contributed by atoms with van der Waals surface area (Å²) >= 11 is 6.90. The van der Waals surface area contributed by atoms with Crippen molar-refractivity contribution >= 4 is 88.3 Å². The van der Waals surface area contributed by atoms with Gasteiger partial charge in [-0.1, -0.05) is 31.9 Å². The minimum atomic E-state index is -0.560. The van der Waals surface area contributed by atoms with E-state index in [2.05, 4.69) is 62.8 Å². The smallest absolute Gasteiger partial charge is 0.407 e. The molecule has 2 aromatic carbocycles. The molecule has 256 valence electrons. The number of carbonyl (C=O) groups excluding carboxylic acids is 2. The highest BCUT2D eigenvalue weighted by Crippen LogP contribution is 2.30. The number of rotatable bonds is 7. The number of nitrogen functional groups attached to an aromatic ring is 1. The van der Waals surface area contributed by atoms with Crippen LogP contribution in [-0.2, 0) is 16.0 Å². The first-order valence-corrected chi connectivity index (χ1v) is 16.8. The van der Waals surface area contributed by atoms with E-state index < -0.39 is 23.4 Å². The molecule has 5 rings (SSSR count). The SMILES string of the molecule is CC(C)(C)OC(=O)NCCNc1c(N)cnc2ccc(Br)cc12.CC(C)(C)OC(=O)NCCn1c(=O)[nH]c2cnc3ccc(Br)cc3c21. The van der Waals surface area contributed by atoms with Gasteiger partial charge < -0.3 is 36.1 Å². The molecular formula is C33H40Br2N8O5. The zero-order valence-electron chi connectivity index (χ0n) is 27.7. The Morgan fingerprint density at radius 3 is 1.98 bits per heavy atom. The van der Waals surface area contributed by atoms with Crippen LogP contribution in [-0.4, -0.2) is 62.5 Å². The molecular weight excluding hydrogens is 748 g/mol. The summed E-state index contributed by atoms with van der Waals surface area (Å²) in [6.45, 7) is 12.4. The molecule has 0 spiro atoms. The molecule has 0 unspecified atom stereocenters. The van der Waals surface area contributed by atoms with Crippen LogP contribution in [0.15, 0.2) is 62.5 Å². The fourth-order valence-electron chi connectivity index (χ4n) is 4.66. The number of fused-ring (bicyclic) bond motifs is 4. The molecule has 0 aliphatic heterocycles. The lowest BCUT2D eigenvalue weighted by Gasteiger charge is -2.20. The predicted octanol–water partition coefficient (Wildman–Crippen LogP) is 6.68. The number of nitrogens with two attached hydrogens (primary N) is 1. The first-order valence-electron chi connectivity index (χ1n) is 15.2. The third-order valence-corrected chi connectivity index (χ3v) is 7.50. The van der Waals surface area contributed by atoms with E-state index in [1.54, 1.807) is 37.7 Å². The number of anilines is 2. The molecule has 13 nitrogen and oxygen atoms in total. The molecule has 6 N–H and O–H groups in total. The van der Waals surface area contributed by atoms with Crippen molar-refractivity contribution in [3.05, 3.63) is 68.2 Å². The van der Waals surface area contributed by atoms with Gasteiger partial charge in [-0.15, -0.1) is 0 Å². The molecule has 0 aliphatic rings. The number of imidazole rings is 1. The second kappa shape index (κ2) is 15.2. The van der Waals surface area contributed by atoms with Gasteiger partial charge in [-0.2, -0.15) is 0 Å². The zero-order chi connectivity index (χ0) is 35.2. The maximum absolute atomic E-state index is 12.3. The Kier molecular flexibility index (Phi) is 11.6. The molecule has 0 saturated heterocycles. The number of aromatic nitrogens is 4. The highest BCUT2D eigenvalue weighted by Gasteiger charge is 2.17. The minimum absolute atomic E-state index is 0.240. The lowest BCUT2D eigenvalue weighted by Crippen LogP contribution is -2.35. The van der Waals surface area contributed by atoms with Gasteiger partial charge >= 0.3 is 17.9 Å². The van der Waals surface area contributed by atoms with Crippen molar-refractivity contribution in [2.45, 2.75) is 59.3 Å². The number of nitrogens with one attached hydrogen (secondary N) is 4. The Morgan fingerprint density at radius 2 is 1.38 bits per heavy atom. The number of H-pyrrole nitrogens is 1. The van der Waals surface area contributed by atoms with Crippen molar-refractivity contribution < 1.29 is 19.1 Å². The summed E-state index contributed by atoms with van der Waals surface area (Å²) in [5, 5.41) is 10.4. The van der Waals surface area contributed by atoms with Gasteiger partial charge in [-0.25, -0.2) is 14.4 Å². The zero-order valence-corrected chi connectivity index (χ0v) is 30.8. The number of hydrogen-bond donors (Lipinski definition) is 5. The molecule has 0 aliphatic carbocycles. The second-order valence-corrected chi connectivity index (χ2v) is 14.6. The van der Waals surface area contributed by atoms with E-state index in [0.717, 1.165) is 42.0 Å². The lowest BCUT2D eigenvalue weighted by molar-refractivity contribution is 0.0516. The molecule has 15 heteroatoms. The first kappa shape index (κ1) is 36.5. The topological polar surface area (TPSA) is 178 Å². The number of alkyl carbamates (subject to hydrolysis) is 2. The normalized spacial score (nSPS) is 11.6. The number of hydrogen-bond acceptors (Lipinski definition) is 9. The fourth-order valence-corrected chi connectivity index (χ4v) is 5.38. The molecule has 5 aromatic rings. The molecule has 0 radical (unpaired) electrons. The van der Waals surface area contributed by atoms with Gasteiger partial charge in [0.15, 0.2) is 0 Å². The number of nitrogens with zero attached hydrogens (tertiary/aromatic N) is 3. The van der Waals surface area contributed by atoms with Crippen LogP contribution in [0.1, 0.15) is 41.5 Å². The summed E-state index contributed by atoms with van der Waals surface area (Å²) in [4.78, 5) is 47.1. The van der Waals surface area contributed by atoms with Crippen LogP contribution >= 0.6 is 31.9 Å². The van der Waals surface area contributed by atoms with Crippen molar-refractivity contribution in [3.63, 3.8) is 0 Å². The van der Waals surface area contributed by atoms with Crippen molar-refractivity contribution in [1.29, 1.82) is 0 Å². The van der Waals surface area contributed by atoms with E-state index in [1.807, 2.05) is 57.2 Å². The number of benzene rings is 2. The van der Waals surface area contributed by atoms with Gasteiger partial charge in [-0.3, -0.25) is 14.5 Å². The van der Waals surface area contributed by atoms with Crippen LogP contribution in [0.2, 0.25) is 0 Å². The molecule has 48 heavy (non-hydrogen) atoms. The summed E-state index contributed by atoms with van der Waals surface area (Å²) in [6.07, 6.45) is 2.33. The van der Waals surface area contributed by atoms with Crippen molar-refractivity contribution in [2.24, 2.45) is 0 Å². The fraction of sp³-hybridized carbons (Fsp3) is 0.364. The summed E-state index contributed by atoms with van der Waals surface area (Å²) in [5.41, 5.74) is 9.15. The lowest BCUT2D eigenvalue weighted by atomic mass is 10.1. The molecule has 3 heterocycles. The van der Waals surface area contributed by atoms with Crippen LogP contribution in [0, 0.1) is 0 Å². The molecule has 0 fully saturated rings. The number of halogens is 2. The Bertz CT molecular complexity index is 1990. The number of ether oxygens (including phenoxy) is 2. The second-order valence-electron chi connectivity index (χ2n) is 12.8. The van der Waals surface area contributed by atoms with E-state index in [0.29, 0.717) is 30.8 Å². The van der Waals surface area contributed by atoms with Crippen molar-refractivity contribution in [3.8, 4) is 0 Å². The summed E-state index contributed by atoms with van der Waals surface area (Å²) < 4.78 is 13.8. The highest BCUT2D eigenvalue weighted by atomic mass is 79.9. The Balaban J connectivity index is 0.000000218. The van der Waals surface area contributed by atoms with Crippen LogP contribution in [0.4, 0.5) is 21.0 Å². The molecule has 3 aromatic heterocycles. The summed E-state index contributed by atoms with van der Waals surface area (Å²) in [7, 11) is 0. The van der Waals surface area contributed by atoms with Gasteiger partial charge in [0.1, 0.15) is 11.2 Å². The third-order valence-electron chi connectivity index (χ3n) is 6.52. The van der Waals surface area contributed by atoms with Crippen molar-refractivity contribution in [1.82, 2.24) is 30.2 Å². The van der Waals surface area contributed by atoms with Gasteiger partial charge in [0.25, 0.3) is 0 Å². The number of amides is 2. The predicted molar refractivity (Wildman–Crippen MR) is 196 cm³/mol. The van der Waals surface area contributed by atoms with Crippen LogP contribution in [0.5, 0.6) is 0 Å². The van der Waals surface area contributed by atoms with Crippen LogP contribution in [0.25, 0.3) is 32.8 Å². The maximum atomic E-state index is 12.3. The number of pyridine rings is 2. The average Bonchev–Trinajstić information content (AvgIpc) is 3.30. The first-order chi connectivity index (χ1) is 22.5. The number of aromatic amines is 1. The Hall–Kier alpha value is -4.37. The van der Waals surface area contributed by atoms with E-state index in [-0.39, 0.29) is 12.2 Å². The molecule has 0 bridgehead atoms. The third kappa shape index (κ3) is 10.1. The average molecular weight is 789 g/mol. The standard InChI is InChI=1S/C17H19BrN4O3.C16H21BrN4O2/c1-17(2,3)25-16(24)19-6-7-22-14-11-8-10(18)4-5-12(11)20-9-13(14)21-15(22)23;1-16(2,3)23-15(22)20-7-6-19-14-11-8-10(17)4-5-13(11)21-9-12(14)18/h4-5,8-9H,6-7H2,1-3H3,(H,19,24)(H,21,23);4-5,8-9H,6-7,18H2,1-3H3,(H,19,21)(H,20,22). The largest absolute Gasteiger partial charge is 0.444 e. The summed E-state index contributed by atoms with van der Waals surface area (Å²) in [5.74, 6) is 0. The van der Waals surface area contributed by atoms with Gasteiger partial charge in [-0.05, 0) is 77.9 Å². The van der Waals surface area contributed by atoms with Crippen LogP contribution < -0.4 is 27.4 Å². The van der Waals surface area contributed by atoms with E-state index in [9.17, 15) is 14.4 Å². The minimum Gasteiger partial charge on any atom is -0.444 e. The van der Waals surface area contributed by atoms with E-state index in [1.165, 1.54) is 0 Å². The molecule has 0 saturated carbocycles. The Labute approximate surface area is 294 Å². The Morgan fingerprint density at radius 1 is 0.833 bits per heavy atom. The monoisotopic (exact) mass is 786 g/mol. The quantitative estimate of drug-likeness (QED) is 0.113. The molecule has 0 atom stereocenters. The van der Waals surface area contributed by atoms with Gasteiger partial charge in [0.2, 0.25) is 0 Å². The van der Waals surface area contributed by atoms with E-state index in [4.69, 9.17) is 15.2 Å². The van der Waals surface area contributed by atoms with Crippen LogP contribution in [0.3, 0.4) is 0 Å². The van der Waals surface area contributed by atoms with E-state index >= 15 is 0 Å². The van der Waals surface area contributed by atoms with Gasteiger partial charge in [0.05, 0.1) is 45.8 Å². The highest BCUT2D eigenvalue weighted by molar-refractivity contribution is 9.10.